The lowest BCUT2D eigenvalue weighted by molar-refractivity contribution is 0.0773. The maximum Gasteiger partial charge on any atom is 0.232 e. The van der Waals surface area contributed by atoms with Gasteiger partial charge in [0, 0.05) is 26.9 Å². The molecule has 0 radical (unpaired) electrons. The summed E-state index contributed by atoms with van der Waals surface area (Å²) < 4.78 is 24.1. The monoisotopic (exact) mass is 260 g/mol. The highest BCUT2D eigenvalue weighted by molar-refractivity contribution is 6.76. The fourth-order valence-electron chi connectivity index (χ4n) is 1.17. The summed E-state index contributed by atoms with van der Waals surface area (Å²) in [7, 11) is -1.03. The second kappa shape index (κ2) is 6.76. The van der Waals surface area contributed by atoms with Crippen LogP contribution in [0, 0.1) is 0 Å². The molecule has 1 rings (SSSR count). The van der Waals surface area contributed by atoms with Gasteiger partial charge in [-0.1, -0.05) is 19.6 Å². The van der Waals surface area contributed by atoms with Crippen LogP contribution in [-0.2, 0) is 11.5 Å². The van der Waals surface area contributed by atoms with E-state index in [9.17, 15) is 4.39 Å². The highest BCUT2D eigenvalue weighted by Gasteiger charge is 2.12. The average molecular weight is 260 g/mol. The first-order valence-electron chi connectivity index (χ1n) is 5.81. The van der Waals surface area contributed by atoms with E-state index in [0.29, 0.717) is 12.6 Å². The van der Waals surface area contributed by atoms with Crippen molar-refractivity contribution >= 4 is 8.07 Å². The molecule has 4 nitrogen and oxygen atoms in total. The summed E-state index contributed by atoms with van der Waals surface area (Å²) in [6, 6.07) is 2.84. The molecule has 6 heteroatoms. The van der Waals surface area contributed by atoms with E-state index < -0.39 is 14.7 Å². The number of nitrogens with zero attached hydrogens (tertiary/aromatic N) is 2. The smallest absolute Gasteiger partial charge is 0.232 e. The van der Waals surface area contributed by atoms with E-state index in [1.165, 1.54) is 0 Å². The summed E-state index contributed by atoms with van der Waals surface area (Å²) in [5.74, 6) is 0.441. The third kappa shape index (κ3) is 6.43. The van der Waals surface area contributed by atoms with Gasteiger partial charge >= 0.3 is 0 Å². The molecule has 0 amide bonds. The van der Waals surface area contributed by atoms with Crippen LogP contribution in [-0.4, -0.2) is 37.7 Å². The van der Waals surface area contributed by atoms with Gasteiger partial charge in [-0.3, -0.25) is 0 Å². The van der Waals surface area contributed by atoms with Crippen LogP contribution in [0.4, 0.5) is 4.39 Å². The molecule has 1 heterocycles. The Morgan fingerprint density at radius 1 is 1.35 bits per heavy atom. The highest BCUT2D eigenvalue weighted by Crippen LogP contribution is 2.09. The van der Waals surface area contributed by atoms with Crippen molar-refractivity contribution in [1.29, 1.82) is 0 Å². The van der Waals surface area contributed by atoms with Crippen LogP contribution in [0.15, 0.2) is 12.3 Å². The third-order valence-corrected chi connectivity index (χ3v) is 3.87. The molecule has 98 valence electrons. The standard InChI is InChI=1S/C11H21FN2O2Si/c1-17(2,3)9-8-15-10-14-6-4-11(13-14)16-7-5-12/h4,6H,5,7-10H2,1-3H3. The van der Waals surface area contributed by atoms with Crippen LogP contribution >= 0.6 is 0 Å². The second-order valence-electron chi connectivity index (χ2n) is 5.08. The summed E-state index contributed by atoms with van der Waals surface area (Å²) in [5.41, 5.74) is 0. The van der Waals surface area contributed by atoms with Crippen molar-refractivity contribution in [2.75, 3.05) is 19.9 Å². The first kappa shape index (κ1) is 14.2. The molecule has 0 aromatic carbocycles. The molecular weight excluding hydrogens is 239 g/mol. The summed E-state index contributed by atoms with van der Waals surface area (Å²) >= 11 is 0. The minimum absolute atomic E-state index is 0.0491. The van der Waals surface area contributed by atoms with Crippen molar-refractivity contribution in [1.82, 2.24) is 9.78 Å². The van der Waals surface area contributed by atoms with E-state index in [4.69, 9.17) is 9.47 Å². The molecule has 1 aromatic rings. The van der Waals surface area contributed by atoms with Gasteiger partial charge in [0.1, 0.15) is 20.0 Å². The minimum Gasteiger partial charge on any atom is -0.474 e. The SMILES string of the molecule is C[Si](C)(C)CCOCn1ccc(OCCF)n1. The fraction of sp³-hybridized carbons (Fsp3) is 0.727. The summed E-state index contributed by atoms with van der Waals surface area (Å²) in [6.45, 7) is 7.67. The van der Waals surface area contributed by atoms with Crippen molar-refractivity contribution in [2.45, 2.75) is 32.4 Å². The van der Waals surface area contributed by atoms with Gasteiger partial charge < -0.3 is 9.47 Å². The normalized spacial score (nSPS) is 11.8. The Labute approximate surface area is 103 Å². The van der Waals surface area contributed by atoms with Crippen molar-refractivity contribution in [3.05, 3.63) is 12.3 Å². The van der Waals surface area contributed by atoms with Gasteiger partial charge in [-0.25, -0.2) is 9.07 Å². The number of halogens is 1. The van der Waals surface area contributed by atoms with Gasteiger partial charge in [0.05, 0.1) is 0 Å². The van der Waals surface area contributed by atoms with Crippen LogP contribution in [0.5, 0.6) is 5.88 Å². The van der Waals surface area contributed by atoms with Crippen molar-refractivity contribution in [3.63, 3.8) is 0 Å². The zero-order valence-electron chi connectivity index (χ0n) is 10.8. The lowest BCUT2D eigenvalue weighted by atomic mass is 10.7. The minimum atomic E-state index is -1.03. The van der Waals surface area contributed by atoms with Crippen molar-refractivity contribution in [2.24, 2.45) is 0 Å². The van der Waals surface area contributed by atoms with E-state index in [2.05, 4.69) is 24.7 Å². The molecule has 0 aliphatic rings. The predicted octanol–water partition coefficient (Wildman–Crippen LogP) is 2.54. The molecule has 0 fully saturated rings. The molecular formula is C11H21FN2O2Si. The number of hydrogen-bond acceptors (Lipinski definition) is 3. The van der Waals surface area contributed by atoms with E-state index in [-0.39, 0.29) is 6.61 Å². The van der Waals surface area contributed by atoms with Crippen molar-refractivity contribution < 1.29 is 13.9 Å². The van der Waals surface area contributed by atoms with E-state index in [0.717, 1.165) is 12.7 Å². The summed E-state index contributed by atoms with van der Waals surface area (Å²) in [5, 5.41) is 4.10. The molecule has 0 spiro atoms. The van der Waals surface area contributed by atoms with Gasteiger partial charge in [0.2, 0.25) is 5.88 Å². The van der Waals surface area contributed by atoms with E-state index in [1.807, 2.05) is 0 Å². The van der Waals surface area contributed by atoms with Crippen LogP contribution in [0.2, 0.25) is 25.7 Å². The van der Waals surface area contributed by atoms with E-state index >= 15 is 0 Å². The molecule has 0 aliphatic heterocycles. The Balaban J connectivity index is 2.21. The molecule has 0 aliphatic carbocycles. The Kier molecular flexibility index (Phi) is 5.63. The average Bonchev–Trinajstić information content (AvgIpc) is 2.68. The lowest BCUT2D eigenvalue weighted by Gasteiger charge is -2.15. The summed E-state index contributed by atoms with van der Waals surface area (Å²) in [6.07, 6.45) is 1.77. The molecule has 0 atom stereocenters. The third-order valence-electron chi connectivity index (χ3n) is 2.16. The quantitative estimate of drug-likeness (QED) is 0.532. The topological polar surface area (TPSA) is 36.3 Å². The van der Waals surface area contributed by atoms with E-state index in [1.54, 1.807) is 16.9 Å². The molecule has 0 saturated heterocycles. The van der Waals surface area contributed by atoms with Crippen LogP contribution in [0.3, 0.4) is 0 Å². The largest absolute Gasteiger partial charge is 0.474 e. The fourth-order valence-corrected chi connectivity index (χ4v) is 1.93. The van der Waals surface area contributed by atoms with Gasteiger partial charge in [0.15, 0.2) is 0 Å². The zero-order valence-corrected chi connectivity index (χ0v) is 11.8. The molecule has 17 heavy (non-hydrogen) atoms. The molecule has 1 aromatic heterocycles. The zero-order chi connectivity index (χ0) is 12.7. The number of hydrogen-bond donors (Lipinski definition) is 0. The van der Waals surface area contributed by atoms with Gasteiger partial charge in [-0.15, -0.1) is 5.10 Å². The predicted molar refractivity (Wildman–Crippen MR) is 67.8 cm³/mol. The first-order valence-corrected chi connectivity index (χ1v) is 9.52. The number of alkyl halides is 1. The van der Waals surface area contributed by atoms with Gasteiger partial charge in [-0.2, -0.15) is 0 Å². The molecule has 0 bridgehead atoms. The number of aromatic nitrogens is 2. The molecule has 0 saturated carbocycles. The number of rotatable bonds is 8. The van der Waals surface area contributed by atoms with Crippen LogP contribution in [0.25, 0.3) is 0 Å². The molecule has 0 N–H and O–H groups in total. The van der Waals surface area contributed by atoms with Gasteiger partial charge in [0.25, 0.3) is 0 Å². The maximum atomic E-state index is 11.9. The molecule has 0 unspecified atom stereocenters. The Morgan fingerprint density at radius 3 is 2.76 bits per heavy atom. The Hall–Kier alpha value is -0.883. The highest BCUT2D eigenvalue weighted by atomic mass is 28.3. The summed E-state index contributed by atoms with van der Waals surface area (Å²) in [4.78, 5) is 0. The lowest BCUT2D eigenvalue weighted by Crippen LogP contribution is -2.22. The first-order chi connectivity index (χ1) is 8.01. The second-order valence-corrected chi connectivity index (χ2v) is 10.7. The Morgan fingerprint density at radius 2 is 2.12 bits per heavy atom. The number of ether oxygens (including phenoxy) is 2. The van der Waals surface area contributed by atoms with Crippen LogP contribution < -0.4 is 4.74 Å². The van der Waals surface area contributed by atoms with Crippen molar-refractivity contribution in [3.8, 4) is 5.88 Å². The maximum absolute atomic E-state index is 11.9. The van der Waals surface area contributed by atoms with Gasteiger partial charge in [-0.05, 0) is 6.04 Å². The van der Waals surface area contributed by atoms with Crippen LogP contribution in [0.1, 0.15) is 0 Å². The Bertz CT molecular complexity index is 326.